The van der Waals surface area contributed by atoms with Crippen LogP contribution in [-0.2, 0) is 43.3 Å². The van der Waals surface area contributed by atoms with Gasteiger partial charge in [-0.15, -0.1) is 0 Å². The van der Waals surface area contributed by atoms with E-state index in [0.717, 1.165) is 44.5 Å². The van der Waals surface area contributed by atoms with Gasteiger partial charge >= 0.3 is 12.0 Å². The molecule has 15 heteroatoms. The van der Waals surface area contributed by atoms with Gasteiger partial charge in [-0.3, -0.25) is 29.2 Å². The number of likely N-dealkylation sites (N-methyl/N-ethyl adjacent to an activating group) is 1. The number of esters is 1. The van der Waals surface area contributed by atoms with E-state index in [1.54, 1.807) is 24.1 Å². The summed E-state index contributed by atoms with van der Waals surface area (Å²) in [7, 11) is 1.59. The van der Waals surface area contributed by atoms with Crippen LogP contribution in [0, 0.1) is 17.3 Å². The predicted molar refractivity (Wildman–Crippen MR) is 252 cm³/mol. The number of aryl methyl sites for hydroxylation is 1. The molecule has 3 fully saturated rings. The average molecular weight is 903 g/mol. The minimum atomic E-state index is -1.14. The van der Waals surface area contributed by atoms with Crippen LogP contribution in [0.3, 0.4) is 0 Å². The molecule has 0 aliphatic carbocycles. The number of cyclic esters (lactones) is 1. The number of phenolic OH excluding ortho intramolecular Hbond substituents is 1. The number of carbonyl (C=O) groups excluding carboxylic acids is 5. The number of hydrogen-bond acceptors (Lipinski definition) is 10. The molecule has 15 nitrogen and oxygen atoms in total. The molecule has 66 heavy (non-hydrogen) atoms. The van der Waals surface area contributed by atoms with Gasteiger partial charge in [-0.1, -0.05) is 53.7 Å². The lowest BCUT2D eigenvalue weighted by Gasteiger charge is -2.43. The van der Waals surface area contributed by atoms with E-state index in [2.05, 4.69) is 73.4 Å². The largest absolute Gasteiger partial charge is 0.508 e. The molecule has 2 aromatic carbocycles. The van der Waals surface area contributed by atoms with Crippen molar-refractivity contribution in [1.82, 2.24) is 40.4 Å². The molecule has 4 aliphatic heterocycles. The van der Waals surface area contributed by atoms with Crippen LogP contribution >= 0.6 is 0 Å². The number of likely N-dealkylation sites (tertiary alicyclic amines) is 1. The van der Waals surface area contributed by atoms with Crippen molar-refractivity contribution in [3.63, 3.8) is 0 Å². The third-order valence-corrected chi connectivity index (χ3v) is 13.6. The Kier molecular flexibility index (Phi) is 13.3. The minimum absolute atomic E-state index is 0.00637. The second-order valence-corrected chi connectivity index (χ2v) is 20.3. The highest BCUT2D eigenvalue weighted by atomic mass is 16.5. The summed E-state index contributed by atoms with van der Waals surface area (Å²) in [6, 6.07) is 12.4. The SMILES string of the molecule is CCn1c(-c2cccnc2C(C)C)c2c3cc(ccc31)-c1cc(O)cc(c1)C[C@H](NC(=O)[C@H](C(C)C)N(C)C(=O)N1CC(CC(=O)[C@@H]3CN3)C1)C(=O)N1CCC[C@H](N1)C(=O)OCC(C)(C)C2. The summed E-state index contributed by atoms with van der Waals surface area (Å²) in [6.45, 7) is 17.0. The molecule has 3 saturated heterocycles. The molecule has 4 amide bonds. The van der Waals surface area contributed by atoms with E-state index in [9.17, 15) is 29.1 Å². The molecule has 0 radical (unpaired) electrons. The molecule has 6 heterocycles. The van der Waals surface area contributed by atoms with Gasteiger partial charge in [-0.25, -0.2) is 10.2 Å². The standard InChI is InChI=1S/C51H66N8O7/c1-9-58-42-15-14-33-23-37(42)38(46(58)36-12-10-16-52-44(36)29(2)3)24-51(6,7)28-66-49(64)39-13-11-17-59(55-39)48(63)40(20-31-18-34(33)22-35(60)19-31)54-47(62)45(30(4)5)56(8)50(65)57-26-32(27-57)21-43(61)41-25-53-41/h10,12,14-16,18-19,22-23,29-30,32,39-41,45,53,55,60H,9,11,13,17,20-21,24-28H2,1-8H3,(H,54,62)/t39-,40-,41-,45-/m0/s1. The Morgan fingerprint density at radius 1 is 1.05 bits per heavy atom. The van der Waals surface area contributed by atoms with Gasteiger partial charge in [-0.2, -0.15) is 0 Å². The summed E-state index contributed by atoms with van der Waals surface area (Å²) in [5, 5.41) is 19.8. The van der Waals surface area contributed by atoms with Gasteiger partial charge in [0.15, 0.2) is 5.78 Å². The Hall–Kier alpha value is -5.80. The van der Waals surface area contributed by atoms with Gasteiger partial charge in [-0.05, 0) is 96.7 Å². The third kappa shape index (κ3) is 9.69. The highest BCUT2D eigenvalue weighted by Crippen LogP contribution is 2.42. The van der Waals surface area contributed by atoms with Crippen molar-refractivity contribution in [1.29, 1.82) is 0 Å². The molecule has 6 bridgehead atoms. The minimum Gasteiger partial charge on any atom is -0.508 e. The topological polar surface area (TPSA) is 188 Å². The number of hydrazine groups is 1. The summed E-state index contributed by atoms with van der Waals surface area (Å²) in [5.74, 6) is -1.34. The fourth-order valence-electron chi connectivity index (χ4n) is 10.2. The highest BCUT2D eigenvalue weighted by Gasteiger charge is 2.42. The number of rotatable bonds is 10. The molecular formula is C51H66N8O7. The second kappa shape index (κ2) is 18.8. The van der Waals surface area contributed by atoms with Gasteiger partial charge in [0.1, 0.15) is 23.9 Å². The van der Waals surface area contributed by atoms with Crippen LogP contribution in [0.15, 0.2) is 54.7 Å². The van der Waals surface area contributed by atoms with Gasteiger partial charge in [0, 0.05) is 86.6 Å². The number of nitrogens with one attached hydrogen (secondary N) is 3. The molecule has 4 N–H and O–H groups in total. The lowest BCUT2D eigenvalue weighted by Crippen LogP contribution is -2.63. The molecule has 4 aromatic rings. The van der Waals surface area contributed by atoms with Gasteiger partial charge < -0.3 is 34.8 Å². The zero-order valence-electron chi connectivity index (χ0n) is 39.6. The van der Waals surface area contributed by atoms with E-state index in [4.69, 9.17) is 9.72 Å². The monoisotopic (exact) mass is 903 g/mol. The first-order valence-corrected chi connectivity index (χ1v) is 23.7. The molecule has 352 valence electrons. The quantitative estimate of drug-likeness (QED) is 0.112. The van der Waals surface area contributed by atoms with Crippen LogP contribution in [0.5, 0.6) is 5.75 Å². The van der Waals surface area contributed by atoms with Crippen LogP contribution in [0.25, 0.3) is 33.3 Å². The molecule has 4 atom stereocenters. The summed E-state index contributed by atoms with van der Waals surface area (Å²) in [5.41, 5.74) is 10.1. The maximum atomic E-state index is 14.7. The van der Waals surface area contributed by atoms with Gasteiger partial charge in [0.25, 0.3) is 5.91 Å². The summed E-state index contributed by atoms with van der Waals surface area (Å²) in [4.78, 5) is 77.2. The molecule has 4 aliphatic rings. The van der Waals surface area contributed by atoms with Crippen LogP contribution in [0.4, 0.5) is 4.79 Å². The number of fused-ring (bicyclic) bond motifs is 6. The first-order chi connectivity index (χ1) is 31.4. The zero-order valence-corrected chi connectivity index (χ0v) is 39.6. The number of ketones is 1. The molecule has 8 rings (SSSR count). The van der Waals surface area contributed by atoms with E-state index in [-0.39, 0.29) is 54.4 Å². The van der Waals surface area contributed by atoms with Crippen molar-refractivity contribution in [2.24, 2.45) is 17.3 Å². The number of hydrogen-bond donors (Lipinski definition) is 4. The van der Waals surface area contributed by atoms with Gasteiger partial charge in [0.05, 0.1) is 24.0 Å². The Morgan fingerprint density at radius 2 is 1.80 bits per heavy atom. The number of aromatic nitrogens is 2. The number of pyridine rings is 1. The first kappa shape index (κ1) is 46.7. The highest BCUT2D eigenvalue weighted by molar-refractivity contribution is 5.96. The Labute approximate surface area is 387 Å². The molecular weight excluding hydrogens is 837 g/mol. The zero-order chi connectivity index (χ0) is 47.2. The fraction of sp³-hybridized carbons (Fsp3) is 0.529. The smallest absolute Gasteiger partial charge is 0.324 e. The van der Waals surface area contributed by atoms with Crippen molar-refractivity contribution in [3.05, 3.63) is 71.5 Å². The Balaban J connectivity index is 1.16. The number of phenols is 1. The Bertz CT molecular complexity index is 2520. The lowest BCUT2D eigenvalue weighted by molar-refractivity contribution is -0.155. The Morgan fingerprint density at radius 3 is 2.50 bits per heavy atom. The maximum Gasteiger partial charge on any atom is 0.324 e. The van der Waals surface area contributed by atoms with Crippen molar-refractivity contribution < 1.29 is 33.8 Å². The van der Waals surface area contributed by atoms with Crippen LogP contribution in [0.2, 0.25) is 0 Å². The predicted octanol–water partition coefficient (Wildman–Crippen LogP) is 5.81. The van der Waals surface area contributed by atoms with Gasteiger partial charge in [0.2, 0.25) is 5.91 Å². The number of carbonyl (C=O) groups is 5. The number of ether oxygens (including phenoxy) is 1. The lowest BCUT2D eigenvalue weighted by atomic mass is 9.83. The second-order valence-electron chi connectivity index (χ2n) is 20.3. The van der Waals surface area contributed by atoms with Crippen LogP contribution < -0.4 is 16.1 Å². The number of aromatic hydroxyl groups is 1. The number of amides is 4. The normalized spacial score (nSPS) is 21.6. The maximum absolute atomic E-state index is 14.7. The van der Waals surface area contributed by atoms with E-state index in [1.165, 1.54) is 9.91 Å². The van der Waals surface area contributed by atoms with Crippen LogP contribution in [-0.4, -0.2) is 123 Å². The molecule has 2 aromatic heterocycles. The summed E-state index contributed by atoms with van der Waals surface area (Å²) < 4.78 is 8.45. The average Bonchev–Trinajstić information content (AvgIpc) is 4.08. The molecule has 0 saturated carbocycles. The fourth-order valence-corrected chi connectivity index (χ4v) is 10.2. The van der Waals surface area contributed by atoms with Crippen molar-refractivity contribution >= 4 is 40.5 Å². The number of nitrogens with zero attached hydrogens (tertiary/aromatic N) is 5. The summed E-state index contributed by atoms with van der Waals surface area (Å²) in [6.07, 6.45) is 3.82. The van der Waals surface area contributed by atoms with E-state index in [1.807, 2.05) is 38.2 Å². The van der Waals surface area contributed by atoms with Crippen molar-refractivity contribution in [3.8, 4) is 28.1 Å². The third-order valence-electron chi connectivity index (χ3n) is 13.6. The van der Waals surface area contributed by atoms with Crippen LogP contribution in [0.1, 0.15) is 90.5 Å². The number of Topliss-reactive ketones (excluding diaryl/α,β-unsaturated/α-hetero) is 1. The first-order valence-electron chi connectivity index (χ1n) is 23.7. The van der Waals surface area contributed by atoms with E-state index in [0.29, 0.717) is 64.0 Å². The molecule has 0 unspecified atom stereocenters. The van der Waals surface area contributed by atoms with E-state index >= 15 is 0 Å². The summed E-state index contributed by atoms with van der Waals surface area (Å²) >= 11 is 0. The molecule has 0 spiro atoms. The van der Waals surface area contributed by atoms with Crippen molar-refractivity contribution in [2.45, 2.75) is 117 Å². The number of benzene rings is 2. The van der Waals surface area contributed by atoms with Crippen molar-refractivity contribution in [2.75, 3.05) is 39.8 Å². The van der Waals surface area contributed by atoms with E-state index < -0.39 is 41.3 Å². The number of urea groups is 1.